The maximum absolute atomic E-state index is 13.0. The minimum atomic E-state index is -0.411. The second-order valence-corrected chi connectivity index (χ2v) is 6.52. The normalized spacial score (nSPS) is 11.9. The van der Waals surface area contributed by atoms with Crippen LogP contribution in [0.4, 0.5) is 0 Å². The van der Waals surface area contributed by atoms with Crippen molar-refractivity contribution in [2.45, 2.75) is 19.9 Å². The number of benzene rings is 2. The highest BCUT2D eigenvalue weighted by atomic mass is 16.7. The topological polar surface area (TPSA) is 45.3 Å². The third kappa shape index (κ3) is 3.71. The predicted molar refractivity (Wildman–Crippen MR) is 109 cm³/mol. The van der Waals surface area contributed by atoms with Gasteiger partial charge in [0.25, 0.3) is 5.91 Å². The highest BCUT2D eigenvalue weighted by Gasteiger charge is 2.31. The Labute approximate surface area is 159 Å². The van der Waals surface area contributed by atoms with Crippen molar-refractivity contribution < 1.29 is 9.63 Å². The Hall–Kier alpha value is -3.11. The summed E-state index contributed by atoms with van der Waals surface area (Å²) in [5.41, 5.74) is 4.40. The third-order valence-electron chi connectivity index (χ3n) is 4.46. The van der Waals surface area contributed by atoms with Crippen molar-refractivity contribution in [3.05, 3.63) is 96.2 Å². The smallest absolute Gasteiger partial charge is 0.273 e. The van der Waals surface area contributed by atoms with Gasteiger partial charge in [0.2, 0.25) is 0 Å². The van der Waals surface area contributed by atoms with Gasteiger partial charge in [0.05, 0.1) is 6.61 Å². The summed E-state index contributed by atoms with van der Waals surface area (Å²) < 4.78 is 0. The zero-order valence-corrected chi connectivity index (χ0v) is 15.7. The number of carbonyl (C=O) groups is 1. The van der Waals surface area contributed by atoms with Gasteiger partial charge in [0.1, 0.15) is 6.04 Å². The number of fused-ring (bicyclic) bond motifs is 1. The zero-order chi connectivity index (χ0) is 19.4. The van der Waals surface area contributed by atoms with Gasteiger partial charge in [-0.3, -0.25) is 9.63 Å². The molecule has 0 saturated heterocycles. The van der Waals surface area contributed by atoms with E-state index in [1.165, 1.54) is 5.06 Å². The summed E-state index contributed by atoms with van der Waals surface area (Å²) >= 11 is 0. The molecule has 0 fully saturated rings. The number of carbonyl (C=O) groups excluding carboxylic acids is 1. The van der Waals surface area contributed by atoms with Gasteiger partial charge in [-0.2, -0.15) is 0 Å². The van der Waals surface area contributed by atoms with E-state index in [0.29, 0.717) is 5.57 Å². The lowest BCUT2D eigenvalue weighted by atomic mass is 9.95. The van der Waals surface area contributed by atoms with E-state index < -0.39 is 6.04 Å². The maximum Gasteiger partial charge on any atom is 0.273 e. The molecule has 27 heavy (non-hydrogen) atoms. The molecule has 0 spiro atoms. The quantitative estimate of drug-likeness (QED) is 0.362. The highest BCUT2D eigenvalue weighted by molar-refractivity contribution is 5.93. The fourth-order valence-electron chi connectivity index (χ4n) is 3.28. The van der Waals surface area contributed by atoms with Crippen LogP contribution in [0.3, 0.4) is 0 Å². The summed E-state index contributed by atoms with van der Waals surface area (Å²) in [7, 11) is 0. The van der Waals surface area contributed by atoms with Crippen molar-refractivity contribution in [1.29, 1.82) is 0 Å². The van der Waals surface area contributed by atoms with Crippen LogP contribution in [-0.4, -0.2) is 22.6 Å². The molecule has 1 N–H and O–H groups in total. The summed E-state index contributed by atoms with van der Waals surface area (Å²) in [5, 5.41) is 2.48. The molecule has 1 aromatic heterocycles. The van der Waals surface area contributed by atoms with Crippen molar-refractivity contribution in [3.63, 3.8) is 0 Å². The summed E-state index contributed by atoms with van der Waals surface area (Å²) in [6.07, 6.45) is 1.63. The molecule has 4 heteroatoms. The van der Waals surface area contributed by atoms with Gasteiger partial charge in [0.15, 0.2) is 0 Å². The summed E-state index contributed by atoms with van der Waals surface area (Å²) in [4.78, 5) is 22.2. The maximum atomic E-state index is 13.0. The Kier molecular flexibility index (Phi) is 5.57. The number of nitrogens with one attached hydrogen (secondary N) is 1. The highest BCUT2D eigenvalue weighted by Crippen LogP contribution is 2.37. The summed E-state index contributed by atoms with van der Waals surface area (Å²) in [5.74, 6) is -0.254. The van der Waals surface area contributed by atoms with E-state index in [2.05, 4.69) is 24.2 Å². The zero-order valence-electron chi connectivity index (χ0n) is 15.7. The Morgan fingerprint density at radius 3 is 2.52 bits per heavy atom. The van der Waals surface area contributed by atoms with Crippen molar-refractivity contribution in [2.24, 2.45) is 0 Å². The molecule has 138 valence electrons. The number of aromatic nitrogens is 1. The van der Waals surface area contributed by atoms with E-state index in [1.807, 2.05) is 55.5 Å². The molecule has 4 nitrogen and oxygen atoms in total. The van der Waals surface area contributed by atoms with Crippen LogP contribution >= 0.6 is 0 Å². The predicted octanol–water partition coefficient (Wildman–Crippen LogP) is 5.09. The van der Waals surface area contributed by atoms with Gasteiger partial charge in [-0.05, 0) is 25.5 Å². The Bertz CT molecular complexity index is 972. The van der Waals surface area contributed by atoms with Gasteiger partial charge >= 0.3 is 0 Å². The molecular weight excluding hydrogens is 336 g/mol. The molecule has 0 bridgehead atoms. The van der Waals surface area contributed by atoms with Gasteiger partial charge < -0.3 is 4.98 Å². The van der Waals surface area contributed by atoms with Gasteiger partial charge in [-0.25, -0.2) is 5.06 Å². The number of aryl methyl sites for hydroxylation is 1. The summed E-state index contributed by atoms with van der Waals surface area (Å²) in [6.45, 7) is 11.5. The minimum absolute atomic E-state index is 0.226. The van der Waals surface area contributed by atoms with Gasteiger partial charge in [-0.15, -0.1) is 6.58 Å². The van der Waals surface area contributed by atoms with Crippen LogP contribution < -0.4 is 0 Å². The summed E-state index contributed by atoms with van der Waals surface area (Å²) in [6, 6.07) is 17.5. The van der Waals surface area contributed by atoms with Crippen LogP contribution in [0.5, 0.6) is 0 Å². The first-order valence-electron chi connectivity index (χ1n) is 8.89. The molecule has 0 aliphatic carbocycles. The number of rotatable bonds is 7. The lowest BCUT2D eigenvalue weighted by Gasteiger charge is -2.31. The van der Waals surface area contributed by atoms with Crippen LogP contribution in [0, 0.1) is 6.92 Å². The number of aromatic amines is 1. The number of nitrogens with zero attached hydrogens (tertiary/aromatic N) is 1. The van der Waals surface area contributed by atoms with Gasteiger partial charge in [0, 0.05) is 27.7 Å². The largest absolute Gasteiger partial charge is 0.358 e. The Balaban J connectivity index is 2.24. The molecule has 0 radical (unpaired) electrons. The van der Waals surface area contributed by atoms with E-state index in [9.17, 15) is 4.79 Å². The van der Waals surface area contributed by atoms with Crippen LogP contribution in [0.25, 0.3) is 10.9 Å². The number of amides is 1. The molecule has 1 unspecified atom stereocenters. The SMILES string of the molecule is C=CCON(C(=O)C(=C)C)C(c1ccccc1)c1c(C)[nH]c2ccccc12. The lowest BCUT2D eigenvalue weighted by molar-refractivity contribution is -0.187. The second-order valence-electron chi connectivity index (χ2n) is 6.52. The van der Waals surface area contributed by atoms with E-state index in [4.69, 9.17) is 4.84 Å². The molecule has 1 atom stereocenters. The first-order valence-corrected chi connectivity index (χ1v) is 8.89. The van der Waals surface area contributed by atoms with Crippen LogP contribution in [0.15, 0.2) is 79.4 Å². The standard InChI is InChI=1S/C23H24N2O2/c1-5-15-27-25(23(26)16(2)3)22(18-11-7-6-8-12-18)21-17(4)24-20-14-10-9-13-19(20)21/h5-14,22,24H,1-2,15H2,3-4H3. The van der Waals surface area contributed by atoms with Gasteiger partial charge in [-0.1, -0.05) is 61.2 Å². The van der Waals surface area contributed by atoms with Crippen molar-refractivity contribution >= 4 is 16.8 Å². The monoisotopic (exact) mass is 360 g/mol. The fraction of sp³-hybridized carbons (Fsp3) is 0.174. The molecular formula is C23H24N2O2. The average molecular weight is 360 g/mol. The number of hydrogen-bond acceptors (Lipinski definition) is 2. The van der Waals surface area contributed by atoms with Crippen LogP contribution in [0.2, 0.25) is 0 Å². The van der Waals surface area contributed by atoms with E-state index in [1.54, 1.807) is 13.0 Å². The number of hydroxylamine groups is 2. The van der Waals surface area contributed by atoms with E-state index in [0.717, 1.165) is 27.7 Å². The molecule has 3 rings (SSSR count). The molecule has 3 aromatic rings. The number of H-pyrrole nitrogens is 1. The van der Waals surface area contributed by atoms with Crippen LogP contribution in [0.1, 0.15) is 29.8 Å². The molecule has 0 saturated carbocycles. The fourth-order valence-corrected chi connectivity index (χ4v) is 3.28. The molecule has 0 aliphatic heterocycles. The second kappa shape index (κ2) is 8.06. The molecule has 1 amide bonds. The number of hydrogen-bond donors (Lipinski definition) is 1. The van der Waals surface area contributed by atoms with E-state index >= 15 is 0 Å². The van der Waals surface area contributed by atoms with E-state index in [-0.39, 0.29) is 12.5 Å². The third-order valence-corrected chi connectivity index (χ3v) is 4.46. The van der Waals surface area contributed by atoms with Crippen LogP contribution in [-0.2, 0) is 9.63 Å². The lowest BCUT2D eigenvalue weighted by Crippen LogP contribution is -2.36. The Morgan fingerprint density at radius 2 is 1.85 bits per heavy atom. The average Bonchev–Trinajstić information content (AvgIpc) is 3.01. The Morgan fingerprint density at radius 1 is 1.19 bits per heavy atom. The van der Waals surface area contributed by atoms with Crippen molar-refractivity contribution in [3.8, 4) is 0 Å². The minimum Gasteiger partial charge on any atom is -0.358 e. The van der Waals surface area contributed by atoms with Crippen molar-refractivity contribution in [2.75, 3.05) is 6.61 Å². The molecule has 2 aromatic carbocycles. The first-order chi connectivity index (χ1) is 13.0. The number of para-hydroxylation sites is 1. The first kappa shape index (κ1) is 18.7. The van der Waals surface area contributed by atoms with Crippen molar-refractivity contribution in [1.82, 2.24) is 10.0 Å². The molecule has 1 heterocycles. The molecule has 0 aliphatic rings.